The number of halogens is 1. The first-order valence-electron chi connectivity index (χ1n) is 8.45. The fraction of sp³-hybridized carbons (Fsp3) is 0.100. The molecule has 0 atom stereocenters. The van der Waals surface area contributed by atoms with Gasteiger partial charge in [-0.05, 0) is 32.0 Å². The van der Waals surface area contributed by atoms with Gasteiger partial charge in [0.15, 0.2) is 5.13 Å². The first-order valence-corrected chi connectivity index (χ1v) is 9.27. The van der Waals surface area contributed by atoms with Crippen molar-refractivity contribution < 1.29 is 13.7 Å². The van der Waals surface area contributed by atoms with Crippen molar-refractivity contribution >= 4 is 22.4 Å². The molecule has 6 nitrogen and oxygen atoms in total. The summed E-state index contributed by atoms with van der Waals surface area (Å²) in [6, 6.07) is 13.3. The van der Waals surface area contributed by atoms with Gasteiger partial charge >= 0.3 is 0 Å². The largest absolute Gasteiger partial charge is 0.333 e. The average Bonchev–Trinajstić information content (AvgIpc) is 3.29. The van der Waals surface area contributed by atoms with Gasteiger partial charge in [-0.15, -0.1) is 0 Å². The van der Waals surface area contributed by atoms with Crippen LogP contribution in [-0.2, 0) is 0 Å². The lowest BCUT2D eigenvalue weighted by molar-refractivity contribution is 0.102. The molecular weight excluding hydrogens is 379 g/mol. The van der Waals surface area contributed by atoms with Crippen molar-refractivity contribution in [1.29, 1.82) is 0 Å². The summed E-state index contributed by atoms with van der Waals surface area (Å²) in [5, 5.41) is 7.07. The Morgan fingerprint density at radius 2 is 1.89 bits per heavy atom. The molecule has 1 N–H and O–H groups in total. The van der Waals surface area contributed by atoms with E-state index in [0.717, 1.165) is 11.1 Å². The van der Waals surface area contributed by atoms with E-state index in [1.54, 1.807) is 6.92 Å². The summed E-state index contributed by atoms with van der Waals surface area (Å²) in [4.78, 5) is 21.7. The Hall–Kier alpha value is -3.39. The molecule has 2 heterocycles. The van der Waals surface area contributed by atoms with Gasteiger partial charge in [-0.3, -0.25) is 10.1 Å². The molecule has 0 spiro atoms. The number of nitrogens with one attached hydrogen (secondary N) is 1. The van der Waals surface area contributed by atoms with E-state index in [0.29, 0.717) is 27.4 Å². The Morgan fingerprint density at radius 1 is 1.11 bits per heavy atom. The molecule has 0 unspecified atom stereocenters. The number of aryl methyl sites for hydroxylation is 2. The Labute approximate surface area is 164 Å². The normalized spacial score (nSPS) is 10.8. The van der Waals surface area contributed by atoms with Gasteiger partial charge in [0.1, 0.15) is 10.7 Å². The molecule has 0 saturated heterocycles. The molecular formula is C20H15FN4O2S. The fourth-order valence-electron chi connectivity index (χ4n) is 2.58. The number of nitrogens with zero attached hydrogens (tertiary/aromatic N) is 3. The first-order chi connectivity index (χ1) is 13.5. The van der Waals surface area contributed by atoms with Crippen LogP contribution < -0.4 is 5.32 Å². The van der Waals surface area contributed by atoms with Crippen LogP contribution in [0.3, 0.4) is 0 Å². The average molecular weight is 394 g/mol. The molecule has 2 aromatic carbocycles. The highest BCUT2D eigenvalue weighted by molar-refractivity contribution is 7.19. The Kier molecular flexibility index (Phi) is 4.70. The van der Waals surface area contributed by atoms with Crippen LogP contribution in [0, 0.1) is 19.7 Å². The number of benzene rings is 2. The van der Waals surface area contributed by atoms with Crippen molar-refractivity contribution in [3.8, 4) is 22.2 Å². The maximum atomic E-state index is 13.3. The molecule has 1 amide bonds. The smallest absolute Gasteiger partial charge is 0.270 e. The number of thiazole rings is 1. The molecule has 4 aromatic rings. The summed E-state index contributed by atoms with van der Waals surface area (Å²) in [7, 11) is 0. The van der Waals surface area contributed by atoms with E-state index in [9.17, 15) is 9.18 Å². The Morgan fingerprint density at radius 3 is 2.64 bits per heavy atom. The van der Waals surface area contributed by atoms with Gasteiger partial charge in [-0.25, -0.2) is 9.37 Å². The van der Waals surface area contributed by atoms with Crippen LogP contribution in [0.15, 0.2) is 53.1 Å². The van der Waals surface area contributed by atoms with Gasteiger partial charge in [-0.1, -0.05) is 52.4 Å². The third-order valence-corrected chi connectivity index (χ3v) is 5.09. The highest BCUT2D eigenvalue weighted by atomic mass is 32.1. The number of carbonyl (C=O) groups excluding carboxylic acids is 1. The zero-order valence-corrected chi connectivity index (χ0v) is 15.9. The van der Waals surface area contributed by atoms with Gasteiger partial charge in [-0.2, -0.15) is 4.98 Å². The maximum Gasteiger partial charge on any atom is 0.270 e. The lowest BCUT2D eigenvalue weighted by Crippen LogP contribution is -2.11. The number of rotatable bonds is 4. The molecule has 2 aromatic heterocycles. The quantitative estimate of drug-likeness (QED) is 0.534. The molecule has 0 aliphatic carbocycles. The highest BCUT2D eigenvalue weighted by Gasteiger charge is 2.18. The molecule has 4 rings (SSSR count). The van der Waals surface area contributed by atoms with Crippen LogP contribution in [0.2, 0.25) is 0 Å². The highest BCUT2D eigenvalue weighted by Crippen LogP contribution is 2.33. The van der Waals surface area contributed by atoms with Crippen LogP contribution in [-0.4, -0.2) is 21.0 Å². The molecule has 0 fully saturated rings. The minimum atomic E-state index is -0.474. The number of hydrogen-bond donors (Lipinski definition) is 1. The summed E-state index contributed by atoms with van der Waals surface area (Å²) in [5.41, 5.74) is 2.86. The molecule has 0 aliphatic heterocycles. The minimum absolute atomic E-state index is 0.217. The van der Waals surface area contributed by atoms with E-state index in [-0.39, 0.29) is 5.56 Å². The predicted molar refractivity (Wildman–Crippen MR) is 105 cm³/mol. The monoisotopic (exact) mass is 394 g/mol. The topological polar surface area (TPSA) is 80.9 Å². The molecule has 0 saturated carbocycles. The summed E-state index contributed by atoms with van der Waals surface area (Å²) in [5.74, 6) is -0.103. The van der Waals surface area contributed by atoms with Crippen molar-refractivity contribution in [2.75, 3.05) is 5.32 Å². The van der Waals surface area contributed by atoms with Crippen LogP contribution in [0.5, 0.6) is 0 Å². The van der Waals surface area contributed by atoms with E-state index in [1.807, 2.05) is 31.2 Å². The second-order valence-corrected chi connectivity index (χ2v) is 7.19. The number of carbonyl (C=O) groups is 1. The third kappa shape index (κ3) is 3.67. The first kappa shape index (κ1) is 18.0. The van der Waals surface area contributed by atoms with Crippen molar-refractivity contribution in [1.82, 2.24) is 15.1 Å². The lowest BCUT2D eigenvalue weighted by atomic mass is 10.1. The van der Waals surface area contributed by atoms with Crippen LogP contribution in [0.1, 0.15) is 21.6 Å². The summed E-state index contributed by atoms with van der Waals surface area (Å²) in [6.45, 7) is 3.80. The lowest BCUT2D eigenvalue weighted by Gasteiger charge is -2.01. The van der Waals surface area contributed by atoms with Gasteiger partial charge < -0.3 is 4.52 Å². The molecule has 8 heteroatoms. The fourth-order valence-corrected chi connectivity index (χ4v) is 3.47. The van der Waals surface area contributed by atoms with E-state index >= 15 is 0 Å². The van der Waals surface area contributed by atoms with Crippen molar-refractivity contribution in [2.45, 2.75) is 13.8 Å². The number of amides is 1. The molecule has 28 heavy (non-hydrogen) atoms. The standard InChI is InChI=1S/C20H15FN4O2S/c1-11-6-8-13(9-7-11)17-23-19(27-25-17)16-12(2)22-20(28-16)24-18(26)14-4-3-5-15(21)10-14/h3-10H,1-2H3,(H,22,24,26). The predicted octanol–water partition coefficient (Wildman–Crippen LogP) is 4.87. The van der Waals surface area contributed by atoms with Crippen LogP contribution >= 0.6 is 11.3 Å². The molecule has 0 aliphatic rings. The zero-order valence-electron chi connectivity index (χ0n) is 15.1. The Balaban J connectivity index is 1.56. The molecule has 0 bridgehead atoms. The van der Waals surface area contributed by atoms with E-state index in [4.69, 9.17) is 4.52 Å². The number of hydrogen-bond acceptors (Lipinski definition) is 6. The Bertz CT molecular complexity index is 1150. The van der Waals surface area contributed by atoms with Gasteiger partial charge in [0.25, 0.3) is 11.8 Å². The number of anilines is 1. The maximum absolute atomic E-state index is 13.3. The van der Waals surface area contributed by atoms with Gasteiger partial charge in [0, 0.05) is 11.1 Å². The summed E-state index contributed by atoms with van der Waals surface area (Å²) >= 11 is 1.22. The van der Waals surface area contributed by atoms with Gasteiger partial charge in [0.05, 0.1) is 5.69 Å². The summed E-state index contributed by atoms with van der Waals surface area (Å²) < 4.78 is 18.7. The van der Waals surface area contributed by atoms with Crippen molar-refractivity contribution in [3.63, 3.8) is 0 Å². The summed E-state index contributed by atoms with van der Waals surface area (Å²) in [6.07, 6.45) is 0. The zero-order chi connectivity index (χ0) is 19.7. The molecule has 140 valence electrons. The van der Waals surface area contributed by atoms with Crippen molar-refractivity contribution in [2.24, 2.45) is 0 Å². The van der Waals surface area contributed by atoms with Crippen LogP contribution in [0.25, 0.3) is 22.2 Å². The SMILES string of the molecule is Cc1ccc(-c2noc(-c3sc(NC(=O)c4cccc(F)c4)nc3C)n2)cc1. The number of aromatic nitrogens is 3. The molecule has 0 radical (unpaired) electrons. The third-order valence-electron chi connectivity index (χ3n) is 4.03. The second kappa shape index (κ2) is 7.32. The van der Waals surface area contributed by atoms with E-state index in [2.05, 4.69) is 20.4 Å². The van der Waals surface area contributed by atoms with Crippen molar-refractivity contribution in [3.05, 3.63) is 71.2 Å². The minimum Gasteiger partial charge on any atom is -0.333 e. The second-order valence-electron chi connectivity index (χ2n) is 6.19. The van der Waals surface area contributed by atoms with E-state index in [1.165, 1.54) is 35.6 Å². The van der Waals surface area contributed by atoms with Crippen LogP contribution in [0.4, 0.5) is 9.52 Å². The van der Waals surface area contributed by atoms with E-state index < -0.39 is 11.7 Å². The van der Waals surface area contributed by atoms with Gasteiger partial charge in [0.2, 0.25) is 5.82 Å².